The van der Waals surface area contributed by atoms with Crippen molar-refractivity contribution in [3.63, 3.8) is 0 Å². The highest BCUT2D eigenvalue weighted by Crippen LogP contribution is 2.29. The van der Waals surface area contributed by atoms with Crippen molar-refractivity contribution < 1.29 is 19.4 Å². The standard InChI is InChI=1S/C22H27NO4/c1-15(20(24)25)13-16-9-11-18(12-10-16)23-21(26)22(2,3)14-17-7-5-6-8-19(17)27-4/h5-12,15H,13-14H2,1-4H3,(H,23,26)(H,24,25). The number of hydrogen-bond donors (Lipinski definition) is 2. The quantitative estimate of drug-likeness (QED) is 0.732. The van der Waals surface area contributed by atoms with E-state index in [4.69, 9.17) is 9.84 Å². The van der Waals surface area contributed by atoms with Crippen LogP contribution in [0.15, 0.2) is 48.5 Å². The summed E-state index contributed by atoms with van der Waals surface area (Å²) in [6.07, 6.45) is 1.01. The SMILES string of the molecule is COc1ccccc1CC(C)(C)C(=O)Nc1ccc(CC(C)C(=O)O)cc1. The molecule has 0 saturated heterocycles. The average molecular weight is 369 g/mol. The summed E-state index contributed by atoms with van der Waals surface area (Å²) in [4.78, 5) is 23.7. The highest BCUT2D eigenvalue weighted by molar-refractivity contribution is 5.95. The predicted octanol–water partition coefficient (Wildman–Crippen LogP) is 4.17. The maximum absolute atomic E-state index is 12.8. The van der Waals surface area contributed by atoms with Gasteiger partial charge in [-0.15, -0.1) is 0 Å². The Morgan fingerprint density at radius 3 is 2.33 bits per heavy atom. The lowest BCUT2D eigenvalue weighted by Gasteiger charge is -2.24. The third kappa shape index (κ3) is 5.58. The van der Waals surface area contributed by atoms with E-state index in [1.165, 1.54) is 0 Å². The number of amides is 1. The van der Waals surface area contributed by atoms with E-state index in [-0.39, 0.29) is 5.91 Å². The van der Waals surface area contributed by atoms with E-state index in [1.54, 1.807) is 26.2 Å². The summed E-state index contributed by atoms with van der Waals surface area (Å²) in [5, 5.41) is 11.9. The first-order valence-electron chi connectivity index (χ1n) is 8.98. The number of ether oxygens (including phenoxy) is 1. The minimum Gasteiger partial charge on any atom is -0.496 e. The molecule has 2 aromatic rings. The highest BCUT2D eigenvalue weighted by Gasteiger charge is 2.29. The van der Waals surface area contributed by atoms with Crippen LogP contribution >= 0.6 is 0 Å². The summed E-state index contributed by atoms with van der Waals surface area (Å²) in [5.41, 5.74) is 1.99. The molecule has 0 heterocycles. The van der Waals surface area contributed by atoms with Gasteiger partial charge in [0.2, 0.25) is 5.91 Å². The van der Waals surface area contributed by atoms with Gasteiger partial charge < -0.3 is 15.2 Å². The van der Waals surface area contributed by atoms with Crippen LogP contribution in [0, 0.1) is 11.3 Å². The van der Waals surface area contributed by atoms with E-state index in [9.17, 15) is 9.59 Å². The first-order chi connectivity index (χ1) is 12.7. The zero-order valence-corrected chi connectivity index (χ0v) is 16.3. The Morgan fingerprint density at radius 2 is 1.74 bits per heavy atom. The average Bonchev–Trinajstić information content (AvgIpc) is 2.63. The Balaban J connectivity index is 2.03. The molecule has 27 heavy (non-hydrogen) atoms. The van der Waals surface area contributed by atoms with E-state index >= 15 is 0 Å². The first-order valence-corrected chi connectivity index (χ1v) is 8.98. The highest BCUT2D eigenvalue weighted by atomic mass is 16.5. The maximum Gasteiger partial charge on any atom is 0.306 e. The van der Waals surface area contributed by atoms with E-state index in [1.807, 2.05) is 50.2 Å². The second kappa shape index (κ2) is 8.71. The molecule has 0 radical (unpaired) electrons. The molecule has 0 aliphatic heterocycles. The molecule has 144 valence electrons. The Kier molecular flexibility index (Phi) is 6.61. The molecule has 2 rings (SSSR count). The van der Waals surface area contributed by atoms with Crippen molar-refractivity contribution in [2.45, 2.75) is 33.6 Å². The number of benzene rings is 2. The van der Waals surface area contributed by atoms with E-state index in [0.717, 1.165) is 16.9 Å². The minimum atomic E-state index is -0.814. The number of nitrogens with one attached hydrogen (secondary N) is 1. The van der Waals surface area contributed by atoms with Gasteiger partial charge in [0.25, 0.3) is 0 Å². The summed E-state index contributed by atoms with van der Waals surface area (Å²) in [7, 11) is 1.62. The van der Waals surface area contributed by atoms with Crippen molar-refractivity contribution in [1.82, 2.24) is 0 Å². The second-order valence-corrected chi connectivity index (χ2v) is 7.47. The monoisotopic (exact) mass is 369 g/mol. The third-order valence-corrected chi connectivity index (χ3v) is 4.61. The lowest BCUT2D eigenvalue weighted by molar-refractivity contribution is -0.141. The lowest BCUT2D eigenvalue weighted by atomic mass is 9.84. The van der Waals surface area contributed by atoms with Crippen molar-refractivity contribution >= 4 is 17.6 Å². The predicted molar refractivity (Wildman–Crippen MR) is 106 cm³/mol. The van der Waals surface area contributed by atoms with E-state index < -0.39 is 17.3 Å². The van der Waals surface area contributed by atoms with Gasteiger partial charge in [-0.05, 0) is 42.2 Å². The zero-order chi connectivity index (χ0) is 20.0. The van der Waals surface area contributed by atoms with Crippen LogP contribution in [0.3, 0.4) is 0 Å². The molecule has 1 unspecified atom stereocenters. The molecule has 1 atom stereocenters. The Morgan fingerprint density at radius 1 is 1.11 bits per heavy atom. The number of rotatable bonds is 8. The fraction of sp³-hybridized carbons (Fsp3) is 0.364. The summed E-state index contributed by atoms with van der Waals surface area (Å²) < 4.78 is 5.38. The van der Waals surface area contributed by atoms with Crippen LogP contribution in [-0.4, -0.2) is 24.1 Å². The number of para-hydroxylation sites is 1. The van der Waals surface area contributed by atoms with Gasteiger partial charge in [-0.3, -0.25) is 9.59 Å². The smallest absolute Gasteiger partial charge is 0.306 e. The summed E-state index contributed by atoms with van der Waals surface area (Å²) in [5.74, 6) is -0.564. The molecule has 1 amide bonds. The minimum absolute atomic E-state index is 0.0833. The summed E-state index contributed by atoms with van der Waals surface area (Å²) in [6.45, 7) is 5.48. The first kappa shape index (κ1) is 20.5. The largest absolute Gasteiger partial charge is 0.496 e. The van der Waals surface area contributed by atoms with Gasteiger partial charge in [0, 0.05) is 11.1 Å². The number of carbonyl (C=O) groups excluding carboxylic acids is 1. The third-order valence-electron chi connectivity index (χ3n) is 4.61. The number of carboxylic acids is 1. The Bertz CT molecular complexity index is 796. The van der Waals surface area contributed by atoms with Gasteiger partial charge in [0.05, 0.1) is 13.0 Å². The molecule has 0 bridgehead atoms. The van der Waals surface area contributed by atoms with Crippen molar-refractivity contribution in [3.8, 4) is 5.75 Å². The van der Waals surface area contributed by atoms with Gasteiger partial charge in [0.1, 0.15) is 5.75 Å². The molecule has 0 saturated carbocycles. The number of carbonyl (C=O) groups is 2. The molecule has 2 aromatic carbocycles. The molecule has 5 heteroatoms. The van der Waals surface area contributed by atoms with Crippen LogP contribution < -0.4 is 10.1 Å². The number of aliphatic carboxylic acids is 1. The summed E-state index contributed by atoms with van der Waals surface area (Å²) in [6, 6.07) is 15.0. The van der Waals surface area contributed by atoms with Crippen molar-refractivity contribution in [2.75, 3.05) is 12.4 Å². The van der Waals surface area contributed by atoms with Gasteiger partial charge >= 0.3 is 5.97 Å². The van der Waals surface area contributed by atoms with Crippen LogP contribution in [0.1, 0.15) is 31.9 Å². The van der Waals surface area contributed by atoms with Crippen LogP contribution in [0.25, 0.3) is 0 Å². The van der Waals surface area contributed by atoms with Gasteiger partial charge in [0.15, 0.2) is 0 Å². The molecule has 5 nitrogen and oxygen atoms in total. The Hall–Kier alpha value is -2.82. The molecule has 0 aromatic heterocycles. The van der Waals surface area contributed by atoms with Crippen LogP contribution in [-0.2, 0) is 22.4 Å². The van der Waals surface area contributed by atoms with Crippen molar-refractivity contribution in [1.29, 1.82) is 0 Å². The lowest BCUT2D eigenvalue weighted by Crippen LogP contribution is -2.32. The Labute approximate surface area is 160 Å². The topological polar surface area (TPSA) is 75.6 Å². The fourth-order valence-corrected chi connectivity index (χ4v) is 2.87. The molecule has 2 N–H and O–H groups in total. The van der Waals surface area contributed by atoms with E-state index in [2.05, 4.69) is 5.32 Å². The van der Waals surface area contributed by atoms with Crippen molar-refractivity contribution in [2.24, 2.45) is 11.3 Å². The number of carboxylic acid groups (broad SMARTS) is 1. The molecule has 0 aliphatic rings. The molecule has 0 fully saturated rings. The molecular formula is C22H27NO4. The molecule has 0 spiro atoms. The van der Waals surface area contributed by atoms with Gasteiger partial charge in [-0.1, -0.05) is 51.1 Å². The fourth-order valence-electron chi connectivity index (χ4n) is 2.87. The number of hydrogen-bond acceptors (Lipinski definition) is 3. The van der Waals surface area contributed by atoms with Crippen LogP contribution in [0.5, 0.6) is 5.75 Å². The summed E-state index contributed by atoms with van der Waals surface area (Å²) >= 11 is 0. The number of methoxy groups -OCH3 is 1. The maximum atomic E-state index is 12.8. The molecular weight excluding hydrogens is 342 g/mol. The second-order valence-electron chi connectivity index (χ2n) is 7.47. The van der Waals surface area contributed by atoms with Crippen LogP contribution in [0.2, 0.25) is 0 Å². The van der Waals surface area contributed by atoms with Crippen LogP contribution in [0.4, 0.5) is 5.69 Å². The number of anilines is 1. The molecule has 0 aliphatic carbocycles. The van der Waals surface area contributed by atoms with Gasteiger partial charge in [-0.2, -0.15) is 0 Å². The van der Waals surface area contributed by atoms with Crippen molar-refractivity contribution in [3.05, 3.63) is 59.7 Å². The normalized spacial score (nSPS) is 12.3. The van der Waals surface area contributed by atoms with E-state index in [0.29, 0.717) is 18.5 Å². The zero-order valence-electron chi connectivity index (χ0n) is 16.3. The van der Waals surface area contributed by atoms with Gasteiger partial charge in [-0.25, -0.2) is 0 Å².